The van der Waals surface area contributed by atoms with Gasteiger partial charge >= 0.3 is 0 Å². The maximum Gasteiger partial charge on any atom is 0.251 e. The number of amides is 1. The summed E-state index contributed by atoms with van der Waals surface area (Å²) in [5, 5.41) is 0. The van der Waals surface area contributed by atoms with Gasteiger partial charge in [0.1, 0.15) is 11.5 Å². The quantitative estimate of drug-likeness (QED) is 0.401. The first kappa shape index (κ1) is 15.3. The average Bonchev–Trinajstić information content (AvgIpc) is 2.41. The van der Waals surface area contributed by atoms with Gasteiger partial charge in [0.15, 0.2) is 0 Å². The lowest BCUT2D eigenvalue weighted by Crippen LogP contribution is -2.45. The molecule has 0 aromatic heterocycles. The molecule has 1 amide bonds. The lowest BCUT2D eigenvalue weighted by atomic mass is 9.98. The second-order valence-corrected chi connectivity index (χ2v) is 4.34. The van der Waals surface area contributed by atoms with Gasteiger partial charge in [-0.3, -0.25) is 10.2 Å². The van der Waals surface area contributed by atoms with Gasteiger partial charge in [-0.15, -0.1) is 0 Å². The molecule has 0 heterocycles. The van der Waals surface area contributed by atoms with Crippen LogP contribution in [-0.2, 0) is 11.2 Å². The van der Waals surface area contributed by atoms with Crippen LogP contribution in [0.25, 0.3) is 0 Å². The van der Waals surface area contributed by atoms with E-state index in [9.17, 15) is 4.79 Å². The molecule has 0 aliphatic rings. The number of hydrazine groups is 1. The Bertz CT molecular complexity index is 475. The molecule has 19 heavy (non-hydrogen) atoms. The molecule has 0 radical (unpaired) electrons. The highest BCUT2D eigenvalue weighted by molar-refractivity contribution is 5.81. The van der Waals surface area contributed by atoms with E-state index in [0.717, 1.165) is 28.2 Å². The fourth-order valence-corrected chi connectivity index (χ4v) is 2.01. The first-order chi connectivity index (χ1) is 8.96. The van der Waals surface area contributed by atoms with E-state index in [4.69, 9.17) is 21.1 Å². The highest BCUT2D eigenvalue weighted by atomic mass is 16.5. The fraction of sp³-hybridized carbons (Fsp3) is 0.462. The van der Waals surface area contributed by atoms with E-state index in [1.165, 1.54) is 0 Å². The summed E-state index contributed by atoms with van der Waals surface area (Å²) in [6.07, 6.45) is 0.323. The zero-order valence-electron chi connectivity index (χ0n) is 11.7. The van der Waals surface area contributed by atoms with E-state index in [0.29, 0.717) is 6.42 Å². The Kier molecular flexibility index (Phi) is 5.14. The van der Waals surface area contributed by atoms with Crippen molar-refractivity contribution in [3.8, 4) is 11.5 Å². The van der Waals surface area contributed by atoms with Crippen molar-refractivity contribution in [2.45, 2.75) is 26.3 Å². The van der Waals surface area contributed by atoms with Crippen LogP contribution >= 0.6 is 0 Å². The Morgan fingerprint density at radius 2 is 1.95 bits per heavy atom. The number of rotatable bonds is 5. The number of nitrogens with two attached hydrogens (primary N) is 2. The third kappa shape index (κ3) is 3.15. The monoisotopic (exact) mass is 267 g/mol. The maximum absolute atomic E-state index is 11.4. The molecule has 1 rings (SSSR count). The summed E-state index contributed by atoms with van der Waals surface area (Å²) in [4.78, 5) is 11.4. The van der Waals surface area contributed by atoms with Crippen molar-refractivity contribution in [1.82, 2.24) is 5.43 Å². The molecular weight excluding hydrogens is 246 g/mol. The van der Waals surface area contributed by atoms with Gasteiger partial charge in [-0.2, -0.15) is 0 Å². The van der Waals surface area contributed by atoms with Gasteiger partial charge in [0.2, 0.25) is 0 Å². The van der Waals surface area contributed by atoms with Crippen LogP contribution in [-0.4, -0.2) is 26.2 Å². The van der Waals surface area contributed by atoms with Crippen molar-refractivity contribution in [3.05, 3.63) is 22.8 Å². The summed E-state index contributed by atoms with van der Waals surface area (Å²) >= 11 is 0. The van der Waals surface area contributed by atoms with Crippen molar-refractivity contribution in [1.29, 1.82) is 0 Å². The summed E-state index contributed by atoms with van der Waals surface area (Å²) in [7, 11) is 3.19. The van der Waals surface area contributed by atoms with E-state index >= 15 is 0 Å². The number of ether oxygens (including phenoxy) is 2. The largest absolute Gasteiger partial charge is 0.496 e. The minimum absolute atomic E-state index is 0.323. The Morgan fingerprint density at radius 3 is 2.42 bits per heavy atom. The molecule has 1 atom stereocenters. The normalized spacial score (nSPS) is 11.9. The van der Waals surface area contributed by atoms with Crippen LogP contribution in [0.1, 0.15) is 16.7 Å². The Labute approximate surface area is 113 Å². The van der Waals surface area contributed by atoms with Gasteiger partial charge < -0.3 is 15.2 Å². The van der Waals surface area contributed by atoms with Gasteiger partial charge in [0, 0.05) is 12.0 Å². The number of nitrogens with one attached hydrogen (secondary N) is 1. The minimum atomic E-state index is -0.731. The van der Waals surface area contributed by atoms with Crippen molar-refractivity contribution >= 4 is 5.91 Å². The molecule has 0 saturated heterocycles. The summed E-state index contributed by atoms with van der Waals surface area (Å²) in [6, 6.07) is 1.11. The SMILES string of the molecule is COc1cc(CC(N)C(=O)NN)c(OC)c(C)c1C. The molecule has 1 unspecified atom stereocenters. The fourth-order valence-electron chi connectivity index (χ4n) is 2.01. The molecule has 0 aliphatic carbocycles. The number of hydrogen-bond acceptors (Lipinski definition) is 5. The second kappa shape index (κ2) is 6.40. The molecule has 6 nitrogen and oxygen atoms in total. The van der Waals surface area contributed by atoms with E-state index in [1.54, 1.807) is 14.2 Å². The Hall–Kier alpha value is -1.79. The van der Waals surface area contributed by atoms with Gasteiger partial charge in [0.25, 0.3) is 5.91 Å². The predicted molar refractivity (Wildman–Crippen MR) is 73.0 cm³/mol. The van der Waals surface area contributed by atoms with Crippen LogP contribution in [0, 0.1) is 13.8 Å². The first-order valence-corrected chi connectivity index (χ1v) is 5.93. The zero-order valence-corrected chi connectivity index (χ0v) is 11.7. The molecule has 0 spiro atoms. The summed E-state index contributed by atoms with van der Waals surface area (Å²) in [5.74, 6) is 6.12. The van der Waals surface area contributed by atoms with Crippen molar-refractivity contribution < 1.29 is 14.3 Å². The van der Waals surface area contributed by atoms with E-state index in [2.05, 4.69) is 0 Å². The minimum Gasteiger partial charge on any atom is -0.496 e. The molecule has 0 saturated carbocycles. The standard InChI is InChI=1S/C13H21N3O3/c1-7-8(2)12(19-4)9(6-11(7)18-3)5-10(14)13(17)16-15/h6,10H,5,14-15H2,1-4H3,(H,16,17). The molecule has 1 aromatic carbocycles. The number of carbonyl (C=O) groups is 1. The van der Waals surface area contributed by atoms with Gasteiger partial charge in [-0.05, 0) is 31.0 Å². The molecule has 0 aliphatic heterocycles. The summed E-state index contributed by atoms with van der Waals surface area (Å²) in [6.45, 7) is 3.89. The number of hydrogen-bond donors (Lipinski definition) is 3. The third-order valence-corrected chi connectivity index (χ3v) is 3.21. The molecule has 1 aromatic rings. The first-order valence-electron chi connectivity index (χ1n) is 5.93. The van der Waals surface area contributed by atoms with Gasteiger partial charge in [-0.25, -0.2) is 5.84 Å². The topological polar surface area (TPSA) is 99.6 Å². The van der Waals surface area contributed by atoms with Crippen molar-refractivity contribution in [2.75, 3.05) is 14.2 Å². The molecule has 106 valence electrons. The molecule has 5 N–H and O–H groups in total. The maximum atomic E-state index is 11.4. The van der Waals surface area contributed by atoms with Gasteiger partial charge in [0.05, 0.1) is 20.3 Å². The number of benzene rings is 1. The third-order valence-electron chi connectivity index (χ3n) is 3.21. The smallest absolute Gasteiger partial charge is 0.251 e. The highest BCUT2D eigenvalue weighted by Gasteiger charge is 2.19. The molecule has 6 heteroatoms. The van der Waals surface area contributed by atoms with Crippen molar-refractivity contribution in [3.63, 3.8) is 0 Å². The van der Waals surface area contributed by atoms with Gasteiger partial charge in [-0.1, -0.05) is 0 Å². The van der Waals surface area contributed by atoms with Crippen LogP contribution in [0.4, 0.5) is 0 Å². The molecule has 0 bridgehead atoms. The Morgan fingerprint density at radius 1 is 1.32 bits per heavy atom. The van der Waals surface area contributed by atoms with Crippen LogP contribution in [0.5, 0.6) is 11.5 Å². The van der Waals surface area contributed by atoms with Crippen LogP contribution in [0.2, 0.25) is 0 Å². The van der Waals surface area contributed by atoms with Crippen LogP contribution in [0.15, 0.2) is 6.07 Å². The predicted octanol–water partition coefficient (Wildman–Crippen LogP) is 0.180. The lowest BCUT2D eigenvalue weighted by molar-refractivity contribution is -0.122. The number of methoxy groups -OCH3 is 2. The van der Waals surface area contributed by atoms with Crippen molar-refractivity contribution in [2.24, 2.45) is 11.6 Å². The highest BCUT2D eigenvalue weighted by Crippen LogP contribution is 2.33. The van der Waals surface area contributed by atoms with E-state index in [-0.39, 0.29) is 0 Å². The van der Waals surface area contributed by atoms with E-state index in [1.807, 2.05) is 25.3 Å². The second-order valence-electron chi connectivity index (χ2n) is 4.34. The summed E-state index contributed by atoms with van der Waals surface area (Å²) in [5.41, 5.74) is 10.6. The summed E-state index contributed by atoms with van der Waals surface area (Å²) < 4.78 is 10.7. The Balaban J connectivity index is 3.19. The van der Waals surface area contributed by atoms with Crippen LogP contribution in [0.3, 0.4) is 0 Å². The molecule has 0 fully saturated rings. The average molecular weight is 267 g/mol. The van der Waals surface area contributed by atoms with E-state index < -0.39 is 11.9 Å². The lowest BCUT2D eigenvalue weighted by Gasteiger charge is -2.18. The molecular formula is C13H21N3O3. The van der Waals surface area contributed by atoms with Crippen LogP contribution < -0.4 is 26.5 Å². The number of carbonyl (C=O) groups excluding carboxylic acids is 1. The zero-order chi connectivity index (χ0) is 14.6.